The number of nitrogens with zero attached hydrogens (tertiary/aromatic N) is 2. The van der Waals surface area contributed by atoms with E-state index < -0.39 is 0 Å². The molecule has 2 aromatic rings. The molecule has 30 heavy (non-hydrogen) atoms. The Balaban J connectivity index is 1.29. The number of benzene rings is 2. The van der Waals surface area contributed by atoms with Gasteiger partial charge in [0.2, 0.25) is 0 Å². The second-order valence-electron chi connectivity index (χ2n) is 8.89. The van der Waals surface area contributed by atoms with Gasteiger partial charge >= 0.3 is 0 Å². The lowest BCUT2D eigenvalue weighted by atomic mass is 9.71. The van der Waals surface area contributed by atoms with E-state index in [1.165, 1.54) is 18.4 Å². The summed E-state index contributed by atoms with van der Waals surface area (Å²) in [6, 6.07) is 18.2. The van der Waals surface area contributed by atoms with Crippen LogP contribution in [0.1, 0.15) is 54.9 Å². The zero-order valence-corrected chi connectivity index (χ0v) is 18.2. The van der Waals surface area contributed by atoms with Crippen molar-refractivity contribution in [2.75, 3.05) is 32.8 Å². The Labute approximate surface area is 180 Å². The Hall–Kier alpha value is -2.33. The summed E-state index contributed by atoms with van der Waals surface area (Å²) in [6.07, 6.45) is 5.77. The van der Waals surface area contributed by atoms with E-state index in [2.05, 4.69) is 36.1 Å². The summed E-state index contributed by atoms with van der Waals surface area (Å²) < 4.78 is 5.94. The molecule has 0 radical (unpaired) electrons. The Morgan fingerprint density at radius 3 is 2.23 bits per heavy atom. The Morgan fingerprint density at radius 1 is 0.900 bits per heavy atom. The molecular formula is C26H34N2O2. The lowest BCUT2D eigenvalue weighted by Crippen LogP contribution is -2.48. The summed E-state index contributed by atoms with van der Waals surface area (Å²) in [7, 11) is 0. The average Bonchev–Trinajstić information content (AvgIpc) is 2.81. The van der Waals surface area contributed by atoms with Crippen LogP contribution >= 0.6 is 0 Å². The third-order valence-corrected chi connectivity index (χ3v) is 6.88. The highest BCUT2D eigenvalue weighted by Crippen LogP contribution is 2.42. The van der Waals surface area contributed by atoms with Crippen LogP contribution in [0.5, 0.6) is 5.75 Å². The van der Waals surface area contributed by atoms with Crippen LogP contribution in [0, 0.1) is 5.41 Å². The molecule has 2 saturated heterocycles. The van der Waals surface area contributed by atoms with Gasteiger partial charge in [0.05, 0.1) is 6.61 Å². The monoisotopic (exact) mass is 406 g/mol. The van der Waals surface area contributed by atoms with E-state index in [1.54, 1.807) is 0 Å². The van der Waals surface area contributed by atoms with Crippen molar-refractivity contribution in [2.45, 2.75) is 45.6 Å². The smallest absolute Gasteiger partial charge is 0.253 e. The van der Waals surface area contributed by atoms with Crippen molar-refractivity contribution in [3.8, 4) is 5.75 Å². The van der Waals surface area contributed by atoms with Gasteiger partial charge in [0.25, 0.3) is 5.91 Å². The molecule has 0 atom stereocenters. The fourth-order valence-corrected chi connectivity index (χ4v) is 4.86. The fraction of sp³-hybridized carbons (Fsp3) is 0.500. The molecular weight excluding hydrogens is 372 g/mol. The lowest BCUT2D eigenvalue weighted by Gasteiger charge is -2.47. The molecule has 4 rings (SSSR count). The predicted octanol–water partition coefficient (Wildman–Crippen LogP) is 4.99. The van der Waals surface area contributed by atoms with Crippen molar-refractivity contribution in [2.24, 2.45) is 5.41 Å². The van der Waals surface area contributed by atoms with Gasteiger partial charge in [-0.1, -0.05) is 43.3 Å². The highest BCUT2D eigenvalue weighted by atomic mass is 16.5. The first-order chi connectivity index (χ1) is 14.7. The molecule has 1 amide bonds. The topological polar surface area (TPSA) is 32.8 Å². The van der Waals surface area contributed by atoms with E-state index >= 15 is 0 Å². The molecule has 160 valence electrons. The molecule has 0 unspecified atom stereocenters. The maximum atomic E-state index is 12.7. The molecule has 2 aliphatic rings. The van der Waals surface area contributed by atoms with Gasteiger partial charge in [-0.3, -0.25) is 9.69 Å². The normalized spacial score (nSPS) is 19.0. The average molecular weight is 407 g/mol. The Morgan fingerprint density at radius 2 is 1.53 bits per heavy atom. The number of ether oxygens (including phenoxy) is 1. The summed E-state index contributed by atoms with van der Waals surface area (Å²) in [6.45, 7) is 7.94. The van der Waals surface area contributed by atoms with Crippen molar-refractivity contribution in [1.82, 2.24) is 9.80 Å². The number of hydrogen-bond donors (Lipinski definition) is 0. The van der Waals surface area contributed by atoms with Crippen LogP contribution in [0.4, 0.5) is 0 Å². The summed E-state index contributed by atoms with van der Waals surface area (Å²) in [5.41, 5.74) is 2.53. The number of amides is 1. The number of hydrogen-bond acceptors (Lipinski definition) is 3. The van der Waals surface area contributed by atoms with E-state index in [9.17, 15) is 4.79 Å². The van der Waals surface area contributed by atoms with E-state index in [4.69, 9.17) is 4.74 Å². The lowest BCUT2D eigenvalue weighted by molar-refractivity contribution is 0.0283. The van der Waals surface area contributed by atoms with Crippen LogP contribution < -0.4 is 4.74 Å². The van der Waals surface area contributed by atoms with Crippen molar-refractivity contribution in [3.05, 3.63) is 65.7 Å². The quantitative estimate of drug-likeness (QED) is 0.677. The first kappa shape index (κ1) is 20.9. The predicted molar refractivity (Wildman–Crippen MR) is 121 cm³/mol. The zero-order valence-electron chi connectivity index (χ0n) is 18.2. The largest absolute Gasteiger partial charge is 0.493 e. The van der Waals surface area contributed by atoms with Crippen LogP contribution in [-0.2, 0) is 6.54 Å². The molecule has 0 N–H and O–H groups in total. The molecule has 0 aromatic heterocycles. The highest BCUT2D eigenvalue weighted by molar-refractivity contribution is 5.94. The number of likely N-dealkylation sites (tertiary alicyclic amines) is 2. The van der Waals surface area contributed by atoms with Crippen LogP contribution in [0.3, 0.4) is 0 Å². The van der Waals surface area contributed by atoms with Crippen molar-refractivity contribution in [3.63, 3.8) is 0 Å². The fourth-order valence-electron chi connectivity index (χ4n) is 4.86. The molecule has 0 aliphatic carbocycles. The summed E-state index contributed by atoms with van der Waals surface area (Å²) >= 11 is 0. The van der Waals surface area contributed by atoms with E-state index in [-0.39, 0.29) is 5.91 Å². The van der Waals surface area contributed by atoms with Gasteiger partial charge in [0, 0.05) is 30.8 Å². The van der Waals surface area contributed by atoms with Crippen LogP contribution in [-0.4, -0.2) is 48.5 Å². The van der Waals surface area contributed by atoms with Crippen molar-refractivity contribution in [1.29, 1.82) is 0 Å². The first-order valence-corrected chi connectivity index (χ1v) is 11.5. The summed E-state index contributed by atoms with van der Waals surface area (Å²) in [5, 5.41) is 0. The van der Waals surface area contributed by atoms with Gasteiger partial charge in [-0.15, -0.1) is 0 Å². The summed E-state index contributed by atoms with van der Waals surface area (Å²) in [5.74, 6) is 1.22. The van der Waals surface area contributed by atoms with Gasteiger partial charge in [-0.05, 0) is 68.8 Å². The molecule has 4 nitrogen and oxygen atoms in total. The van der Waals surface area contributed by atoms with Crippen LogP contribution in [0.2, 0.25) is 0 Å². The minimum absolute atomic E-state index is 0.187. The standard InChI is InChI=1S/C26H34N2O2/c1-2-20-30-24-11-7-6-10-23(24)21-27-16-12-26(13-17-27)14-18-28(19-15-26)25(29)22-8-4-3-5-9-22/h3-11H,2,12-21H2,1H3. The van der Waals surface area contributed by atoms with Gasteiger partial charge in [-0.25, -0.2) is 0 Å². The van der Waals surface area contributed by atoms with Crippen molar-refractivity contribution < 1.29 is 9.53 Å². The molecule has 2 aliphatic heterocycles. The second-order valence-corrected chi connectivity index (χ2v) is 8.89. The van der Waals surface area contributed by atoms with E-state index in [1.807, 2.05) is 35.2 Å². The second kappa shape index (κ2) is 9.65. The molecule has 4 heteroatoms. The minimum Gasteiger partial charge on any atom is -0.493 e. The van der Waals surface area contributed by atoms with Gasteiger partial charge < -0.3 is 9.64 Å². The third-order valence-electron chi connectivity index (χ3n) is 6.88. The van der Waals surface area contributed by atoms with E-state index in [0.29, 0.717) is 5.41 Å². The number of para-hydroxylation sites is 1. The molecule has 2 aromatic carbocycles. The number of carbonyl (C=O) groups is 1. The Kier molecular flexibility index (Phi) is 6.73. The van der Waals surface area contributed by atoms with Gasteiger partial charge in [-0.2, -0.15) is 0 Å². The van der Waals surface area contributed by atoms with Crippen LogP contribution in [0.15, 0.2) is 54.6 Å². The maximum Gasteiger partial charge on any atom is 0.253 e. The molecule has 1 spiro atoms. The zero-order chi connectivity index (χ0) is 20.8. The third kappa shape index (κ3) is 4.86. The molecule has 2 fully saturated rings. The van der Waals surface area contributed by atoms with Gasteiger partial charge in [0.1, 0.15) is 5.75 Å². The minimum atomic E-state index is 0.187. The number of rotatable bonds is 6. The SMILES string of the molecule is CCCOc1ccccc1CN1CCC2(CC1)CCN(C(=O)c1ccccc1)CC2. The first-order valence-electron chi connectivity index (χ1n) is 11.5. The number of carbonyl (C=O) groups excluding carboxylic acids is 1. The maximum absolute atomic E-state index is 12.7. The van der Waals surface area contributed by atoms with Crippen LogP contribution in [0.25, 0.3) is 0 Å². The molecule has 0 saturated carbocycles. The van der Waals surface area contributed by atoms with E-state index in [0.717, 1.165) is 69.9 Å². The highest BCUT2D eigenvalue weighted by Gasteiger charge is 2.38. The van der Waals surface area contributed by atoms with Gasteiger partial charge in [0.15, 0.2) is 0 Å². The molecule has 2 heterocycles. The number of piperidine rings is 2. The molecule has 0 bridgehead atoms. The Bertz CT molecular complexity index is 818. The van der Waals surface area contributed by atoms with Crippen molar-refractivity contribution >= 4 is 5.91 Å². The summed E-state index contributed by atoms with van der Waals surface area (Å²) in [4.78, 5) is 17.4.